The number of ether oxygens (including phenoxy) is 1. The van der Waals surface area contributed by atoms with Gasteiger partial charge in [-0.25, -0.2) is 9.97 Å². The molecule has 1 fully saturated rings. The Balaban J connectivity index is 1.40. The first-order valence-corrected chi connectivity index (χ1v) is 10.0. The number of amides is 1. The zero-order valence-electron chi connectivity index (χ0n) is 17.3. The van der Waals surface area contributed by atoms with E-state index in [4.69, 9.17) is 4.74 Å². The minimum atomic E-state index is -4.47. The van der Waals surface area contributed by atoms with Gasteiger partial charge in [-0.05, 0) is 38.8 Å². The lowest BCUT2D eigenvalue weighted by Crippen LogP contribution is -2.45. The van der Waals surface area contributed by atoms with Gasteiger partial charge in [-0.1, -0.05) is 0 Å². The molecule has 4 rings (SSSR count). The number of aryl methyl sites for hydroxylation is 1. The Bertz CT molecular complexity index is 982. The summed E-state index contributed by atoms with van der Waals surface area (Å²) >= 11 is 0. The highest BCUT2D eigenvalue weighted by Gasteiger charge is 2.33. The number of alkyl halides is 3. The van der Waals surface area contributed by atoms with Gasteiger partial charge >= 0.3 is 6.18 Å². The average Bonchev–Trinajstić information content (AvgIpc) is 3.14. The van der Waals surface area contributed by atoms with Gasteiger partial charge in [0.2, 0.25) is 11.9 Å². The second-order valence-electron chi connectivity index (χ2n) is 7.88. The van der Waals surface area contributed by atoms with Crippen LogP contribution < -0.4 is 20.3 Å². The van der Waals surface area contributed by atoms with E-state index in [9.17, 15) is 18.0 Å². The van der Waals surface area contributed by atoms with Crippen molar-refractivity contribution in [1.82, 2.24) is 15.0 Å². The summed E-state index contributed by atoms with van der Waals surface area (Å²) in [5.41, 5.74) is 0.334. The molecule has 166 valence electrons. The van der Waals surface area contributed by atoms with Crippen LogP contribution in [0.3, 0.4) is 0 Å². The second kappa shape index (κ2) is 7.86. The number of nitrogens with zero attached hydrogens (tertiary/aromatic N) is 4. The summed E-state index contributed by atoms with van der Waals surface area (Å²) in [4.78, 5) is 26.3. The van der Waals surface area contributed by atoms with Gasteiger partial charge in [0.25, 0.3) is 0 Å². The number of carbonyl (C=O) groups excluding carboxylic acids is 1. The molecule has 0 unspecified atom stereocenters. The van der Waals surface area contributed by atoms with Gasteiger partial charge < -0.3 is 20.3 Å². The largest absolute Gasteiger partial charge is 0.489 e. The first kappa shape index (κ1) is 21.1. The van der Waals surface area contributed by atoms with Crippen molar-refractivity contribution in [3.8, 4) is 5.75 Å². The van der Waals surface area contributed by atoms with Crippen molar-refractivity contribution in [3.63, 3.8) is 0 Å². The monoisotopic (exact) mass is 436 g/mol. The van der Waals surface area contributed by atoms with Crippen LogP contribution in [-0.2, 0) is 11.0 Å². The lowest BCUT2D eigenvalue weighted by Gasteiger charge is -2.32. The molecule has 2 aromatic heterocycles. The third kappa shape index (κ3) is 4.35. The number of halogens is 3. The van der Waals surface area contributed by atoms with E-state index in [1.54, 1.807) is 6.92 Å². The molecule has 3 atom stereocenters. The molecule has 1 amide bonds. The number of hydrogen-bond donors (Lipinski definition) is 2. The summed E-state index contributed by atoms with van der Waals surface area (Å²) in [5.74, 6) is 1.33. The zero-order valence-corrected chi connectivity index (χ0v) is 17.3. The molecule has 0 radical (unpaired) electrons. The maximum atomic E-state index is 12.6. The quantitative estimate of drug-likeness (QED) is 0.759. The molecular formula is C20H23F3N6O2. The maximum absolute atomic E-state index is 12.6. The zero-order chi connectivity index (χ0) is 22.3. The molecular weight excluding hydrogens is 413 g/mol. The lowest BCUT2D eigenvalue weighted by atomic mass is 10.2. The summed E-state index contributed by atoms with van der Waals surface area (Å²) in [6.07, 6.45) is -1.30. The third-order valence-corrected chi connectivity index (χ3v) is 5.66. The fourth-order valence-electron chi connectivity index (χ4n) is 3.78. The molecule has 8 nitrogen and oxygen atoms in total. The average molecular weight is 436 g/mol. The topological polar surface area (TPSA) is 92.3 Å². The normalized spacial score (nSPS) is 23.4. The minimum Gasteiger partial charge on any atom is -0.489 e. The first-order chi connectivity index (χ1) is 14.6. The van der Waals surface area contributed by atoms with Crippen molar-refractivity contribution in [2.24, 2.45) is 0 Å². The Labute approximate surface area is 177 Å². The van der Waals surface area contributed by atoms with Crippen molar-refractivity contribution >= 4 is 23.4 Å². The van der Waals surface area contributed by atoms with Crippen LogP contribution in [0.5, 0.6) is 5.75 Å². The summed E-state index contributed by atoms with van der Waals surface area (Å²) in [6.45, 7) is 3.62. The van der Waals surface area contributed by atoms with E-state index < -0.39 is 11.9 Å². The van der Waals surface area contributed by atoms with Gasteiger partial charge in [0.1, 0.15) is 29.3 Å². The smallest absolute Gasteiger partial charge is 0.433 e. The number of fused-ring (bicyclic) bond motifs is 1. The number of hydrogen-bond acceptors (Lipinski definition) is 7. The van der Waals surface area contributed by atoms with Gasteiger partial charge in [-0.15, -0.1) is 0 Å². The molecule has 31 heavy (non-hydrogen) atoms. The van der Waals surface area contributed by atoms with E-state index in [-0.39, 0.29) is 24.1 Å². The molecule has 1 aliphatic heterocycles. The van der Waals surface area contributed by atoms with E-state index in [0.29, 0.717) is 35.3 Å². The highest BCUT2D eigenvalue weighted by Crippen LogP contribution is 2.34. The molecule has 2 aliphatic rings. The number of aromatic nitrogens is 3. The van der Waals surface area contributed by atoms with Crippen molar-refractivity contribution in [1.29, 1.82) is 0 Å². The van der Waals surface area contributed by atoms with Crippen LogP contribution in [0.15, 0.2) is 18.3 Å². The molecule has 2 aromatic rings. The van der Waals surface area contributed by atoms with E-state index in [2.05, 4.69) is 25.6 Å². The molecule has 2 N–H and O–H groups in total. The van der Waals surface area contributed by atoms with Crippen LogP contribution in [0.4, 0.5) is 30.6 Å². The van der Waals surface area contributed by atoms with Crippen LogP contribution in [0.1, 0.15) is 37.6 Å². The molecule has 0 bridgehead atoms. The predicted octanol–water partition coefficient (Wildman–Crippen LogP) is 3.39. The van der Waals surface area contributed by atoms with Gasteiger partial charge in [0.05, 0.1) is 11.9 Å². The summed E-state index contributed by atoms with van der Waals surface area (Å²) in [6, 6.07) is 1.93. The van der Waals surface area contributed by atoms with Crippen LogP contribution in [-0.4, -0.2) is 46.1 Å². The van der Waals surface area contributed by atoms with Crippen LogP contribution >= 0.6 is 0 Å². The predicted molar refractivity (Wildman–Crippen MR) is 108 cm³/mol. The van der Waals surface area contributed by atoms with Crippen LogP contribution in [0.2, 0.25) is 0 Å². The number of pyridine rings is 1. The second-order valence-corrected chi connectivity index (χ2v) is 7.88. The molecule has 11 heteroatoms. The number of rotatable bonds is 4. The van der Waals surface area contributed by atoms with Crippen molar-refractivity contribution in [3.05, 3.63) is 29.7 Å². The summed E-state index contributed by atoms with van der Waals surface area (Å²) < 4.78 is 43.7. The Morgan fingerprint density at radius 1 is 1.26 bits per heavy atom. The SMILES string of the molecule is Cc1nc(N[C@H]2CC[C@H](Oc3ccc(C(F)(F)F)nc3)C2)nc2c1NC(=O)[C@H](C)N2C. The lowest BCUT2D eigenvalue weighted by molar-refractivity contribution is -0.141. The number of nitrogens with one attached hydrogen (secondary N) is 2. The maximum Gasteiger partial charge on any atom is 0.433 e. The van der Waals surface area contributed by atoms with Gasteiger partial charge in [0.15, 0.2) is 5.82 Å². The number of carbonyl (C=O) groups is 1. The summed E-state index contributed by atoms with van der Waals surface area (Å²) in [5, 5.41) is 6.16. The molecule has 0 aromatic carbocycles. The number of likely N-dealkylation sites (N-methyl/N-ethyl adjacent to an activating group) is 1. The Morgan fingerprint density at radius 3 is 2.71 bits per heavy atom. The van der Waals surface area contributed by atoms with Gasteiger partial charge in [-0.3, -0.25) is 4.79 Å². The Morgan fingerprint density at radius 2 is 2.03 bits per heavy atom. The highest BCUT2D eigenvalue weighted by atomic mass is 19.4. The van der Waals surface area contributed by atoms with E-state index in [1.807, 2.05) is 18.9 Å². The molecule has 3 heterocycles. The molecule has 0 saturated heterocycles. The van der Waals surface area contributed by atoms with Crippen molar-refractivity contribution in [2.75, 3.05) is 22.6 Å². The Hall–Kier alpha value is -3.11. The van der Waals surface area contributed by atoms with Crippen molar-refractivity contribution in [2.45, 2.75) is 57.5 Å². The van der Waals surface area contributed by atoms with E-state index in [1.165, 1.54) is 6.07 Å². The summed E-state index contributed by atoms with van der Waals surface area (Å²) in [7, 11) is 1.82. The Kier molecular flexibility index (Phi) is 5.36. The fourth-order valence-corrected chi connectivity index (χ4v) is 3.78. The molecule has 1 saturated carbocycles. The first-order valence-electron chi connectivity index (χ1n) is 10.0. The minimum absolute atomic E-state index is 0.0609. The fraction of sp³-hybridized carbons (Fsp3) is 0.500. The number of anilines is 3. The van der Waals surface area contributed by atoms with Crippen LogP contribution in [0, 0.1) is 6.92 Å². The van der Waals surface area contributed by atoms with E-state index in [0.717, 1.165) is 25.1 Å². The van der Waals surface area contributed by atoms with Gasteiger partial charge in [-0.2, -0.15) is 18.2 Å². The highest BCUT2D eigenvalue weighted by molar-refractivity contribution is 6.03. The van der Waals surface area contributed by atoms with Crippen molar-refractivity contribution < 1.29 is 22.7 Å². The van der Waals surface area contributed by atoms with Gasteiger partial charge in [0, 0.05) is 19.5 Å². The third-order valence-electron chi connectivity index (χ3n) is 5.66. The van der Waals surface area contributed by atoms with Crippen LogP contribution in [0.25, 0.3) is 0 Å². The molecule has 0 spiro atoms. The van der Waals surface area contributed by atoms with E-state index >= 15 is 0 Å². The standard InChI is InChI=1S/C20H23F3N6O2/c1-10-16-17(29(3)11(2)18(30)27-16)28-19(25-10)26-12-4-5-13(8-12)31-14-6-7-15(24-9-14)20(21,22)23/h6-7,9,11-13H,4-5,8H2,1-3H3,(H,27,30)(H,25,26,28)/t11-,12-,13-/m0/s1. The molecule has 1 aliphatic carbocycles.